The summed E-state index contributed by atoms with van der Waals surface area (Å²) in [6, 6.07) is 20.0. The van der Waals surface area contributed by atoms with Crippen LogP contribution in [0.5, 0.6) is 11.5 Å². The summed E-state index contributed by atoms with van der Waals surface area (Å²) in [7, 11) is 3.05. The minimum absolute atomic E-state index is 0.322. The van der Waals surface area contributed by atoms with Gasteiger partial charge in [-0.05, 0) is 54.6 Å². The summed E-state index contributed by atoms with van der Waals surface area (Å²) in [5.74, 6) is -2.09. The van der Waals surface area contributed by atoms with Crippen molar-refractivity contribution >= 4 is 34.5 Å². The van der Waals surface area contributed by atoms with Crippen LogP contribution in [-0.2, 0) is 9.59 Å². The van der Waals surface area contributed by atoms with Crippen molar-refractivity contribution in [3.63, 3.8) is 0 Å². The number of Topliss-reactive ketones (excluding diaryl/α,β-unsaturated/α-hetero) is 2. The molecule has 2 heterocycles. The molecular formula is C28H22N2O5S. The Kier molecular flexibility index (Phi) is 6.35. The number of nitrogens with zero attached hydrogens (tertiary/aromatic N) is 2. The van der Waals surface area contributed by atoms with Crippen LogP contribution in [0.15, 0.2) is 84.4 Å². The largest absolute Gasteiger partial charge is 0.497 e. The van der Waals surface area contributed by atoms with E-state index in [-0.39, 0.29) is 0 Å². The van der Waals surface area contributed by atoms with Gasteiger partial charge in [-0.3, -0.25) is 19.3 Å². The van der Waals surface area contributed by atoms with Crippen LogP contribution in [0.4, 0.5) is 5.69 Å². The number of amides is 1. The van der Waals surface area contributed by atoms with E-state index in [0.29, 0.717) is 28.3 Å². The summed E-state index contributed by atoms with van der Waals surface area (Å²) in [6.45, 7) is 0. The molecule has 0 N–H and O–H groups in total. The zero-order chi connectivity index (χ0) is 25.2. The minimum Gasteiger partial charge on any atom is -0.497 e. The molecule has 4 aromatic rings. The predicted molar refractivity (Wildman–Crippen MR) is 137 cm³/mol. The maximum Gasteiger partial charge on any atom is 0.295 e. The Labute approximate surface area is 211 Å². The highest BCUT2D eigenvalue weighted by Gasteiger charge is 2.53. The molecule has 2 unspecified atom stereocenters. The van der Waals surface area contributed by atoms with Gasteiger partial charge in [0.15, 0.2) is 5.78 Å². The molecule has 1 amide bonds. The second kappa shape index (κ2) is 9.75. The Balaban J connectivity index is 1.61. The summed E-state index contributed by atoms with van der Waals surface area (Å²) in [5, 5.41) is 2.73. The van der Waals surface area contributed by atoms with Gasteiger partial charge in [-0.2, -0.15) is 0 Å². The van der Waals surface area contributed by atoms with E-state index in [0.717, 1.165) is 10.6 Å². The van der Waals surface area contributed by atoms with Crippen LogP contribution in [0.1, 0.15) is 22.0 Å². The quantitative estimate of drug-likeness (QED) is 0.203. The first-order chi connectivity index (χ1) is 17.5. The Bertz CT molecular complexity index is 1420. The van der Waals surface area contributed by atoms with Crippen molar-refractivity contribution in [3.8, 4) is 22.1 Å². The molecule has 2 atom stereocenters. The van der Waals surface area contributed by atoms with Gasteiger partial charge in [0.05, 0.1) is 20.3 Å². The van der Waals surface area contributed by atoms with Gasteiger partial charge >= 0.3 is 0 Å². The molecule has 0 bridgehead atoms. The fourth-order valence-corrected chi connectivity index (χ4v) is 5.15. The molecule has 1 aliphatic heterocycles. The Morgan fingerprint density at radius 1 is 0.917 bits per heavy atom. The number of hydrogen-bond acceptors (Lipinski definition) is 7. The average Bonchev–Trinajstić information content (AvgIpc) is 3.55. The summed E-state index contributed by atoms with van der Waals surface area (Å²) >= 11 is 1.51. The van der Waals surface area contributed by atoms with Crippen LogP contribution in [0.3, 0.4) is 0 Å². The second-order valence-corrected chi connectivity index (χ2v) is 9.08. The Morgan fingerprint density at radius 2 is 1.64 bits per heavy atom. The number of para-hydroxylation sites is 1. The second-order valence-electron chi connectivity index (χ2n) is 8.18. The molecule has 8 heteroatoms. The molecule has 1 fully saturated rings. The SMILES string of the molecule is COc1ccc(C(=O)C2C(=O)C(=O)N(c3ccc(-c4nccs4)cc3)C2c2ccccc2OC)cc1. The number of thiazole rings is 1. The standard InChI is InChI=1S/C28H22N2O5S/c1-34-20-13-9-17(10-14-20)25(31)23-24(21-5-3-4-6-22(21)35-2)30(28(33)26(23)32)19-11-7-18(8-12-19)27-29-15-16-36-27/h3-16,23-24H,1-2H3. The maximum absolute atomic E-state index is 13.7. The molecule has 1 saturated heterocycles. The number of benzene rings is 3. The third kappa shape index (κ3) is 4.05. The minimum atomic E-state index is -1.24. The van der Waals surface area contributed by atoms with Crippen LogP contribution in [0.25, 0.3) is 10.6 Å². The molecule has 1 aliphatic rings. The van der Waals surface area contributed by atoms with E-state index >= 15 is 0 Å². The van der Waals surface area contributed by atoms with Crippen molar-refractivity contribution in [1.82, 2.24) is 4.98 Å². The van der Waals surface area contributed by atoms with Crippen LogP contribution >= 0.6 is 11.3 Å². The molecule has 0 saturated carbocycles. The first-order valence-electron chi connectivity index (χ1n) is 11.2. The summed E-state index contributed by atoms with van der Waals surface area (Å²) in [5.41, 5.74) is 2.30. The smallest absolute Gasteiger partial charge is 0.295 e. The first-order valence-corrected chi connectivity index (χ1v) is 12.1. The third-order valence-corrected chi connectivity index (χ3v) is 7.07. The summed E-state index contributed by atoms with van der Waals surface area (Å²) in [4.78, 5) is 46.2. The Hall–Kier alpha value is -4.30. The average molecular weight is 499 g/mol. The van der Waals surface area contributed by atoms with E-state index < -0.39 is 29.4 Å². The lowest BCUT2D eigenvalue weighted by molar-refractivity contribution is -0.135. The lowest BCUT2D eigenvalue weighted by Gasteiger charge is -2.28. The number of hydrogen-bond donors (Lipinski definition) is 0. The van der Waals surface area contributed by atoms with Crippen LogP contribution in [0.2, 0.25) is 0 Å². The van der Waals surface area contributed by atoms with Gasteiger partial charge in [-0.25, -0.2) is 4.98 Å². The molecule has 36 heavy (non-hydrogen) atoms. The van der Waals surface area contributed by atoms with Crippen molar-refractivity contribution in [1.29, 1.82) is 0 Å². The van der Waals surface area contributed by atoms with Crippen molar-refractivity contribution in [2.45, 2.75) is 6.04 Å². The van der Waals surface area contributed by atoms with E-state index in [1.165, 1.54) is 30.5 Å². The molecule has 0 radical (unpaired) electrons. The van der Waals surface area contributed by atoms with E-state index in [1.807, 2.05) is 17.5 Å². The fourth-order valence-electron chi connectivity index (χ4n) is 4.51. The molecule has 3 aromatic carbocycles. The van der Waals surface area contributed by atoms with Gasteiger partial charge in [-0.15, -0.1) is 11.3 Å². The normalized spacial score (nSPS) is 17.3. The van der Waals surface area contributed by atoms with Gasteiger partial charge in [-0.1, -0.05) is 18.2 Å². The predicted octanol–water partition coefficient (Wildman–Crippen LogP) is 4.98. The highest BCUT2D eigenvalue weighted by molar-refractivity contribution is 7.13. The highest BCUT2D eigenvalue weighted by Crippen LogP contribution is 2.44. The number of methoxy groups -OCH3 is 2. The van der Waals surface area contributed by atoms with Gasteiger partial charge < -0.3 is 9.47 Å². The fraction of sp³-hybridized carbons (Fsp3) is 0.143. The van der Waals surface area contributed by atoms with E-state index in [9.17, 15) is 14.4 Å². The van der Waals surface area contributed by atoms with Gasteiger partial charge in [0.2, 0.25) is 5.78 Å². The first kappa shape index (κ1) is 23.4. The zero-order valence-electron chi connectivity index (χ0n) is 19.6. The molecular weight excluding hydrogens is 476 g/mol. The van der Waals surface area contributed by atoms with Gasteiger partial charge in [0, 0.05) is 34.0 Å². The molecule has 1 aromatic heterocycles. The number of ketones is 2. The third-order valence-electron chi connectivity index (χ3n) is 6.25. The molecule has 0 spiro atoms. The van der Waals surface area contributed by atoms with Crippen LogP contribution < -0.4 is 14.4 Å². The zero-order valence-corrected chi connectivity index (χ0v) is 20.4. The van der Waals surface area contributed by atoms with Gasteiger partial charge in [0.1, 0.15) is 22.4 Å². The Morgan fingerprint density at radius 3 is 2.28 bits per heavy atom. The molecule has 5 rings (SSSR count). The molecule has 180 valence electrons. The number of anilines is 1. The maximum atomic E-state index is 13.7. The molecule has 7 nitrogen and oxygen atoms in total. The number of aromatic nitrogens is 1. The summed E-state index contributed by atoms with van der Waals surface area (Å²) in [6.07, 6.45) is 1.73. The number of ether oxygens (including phenoxy) is 2. The van der Waals surface area contributed by atoms with Crippen molar-refractivity contribution < 1.29 is 23.9 Å². The lowest BCUT2D eigenvalue weighted by atomic mass is 9.86. The van der Waals surface area contributed by atoms with Crippen molar-refractivity contribution in [3.05, 3.63) is 95.5 Å². The number of carbonyl (C=O) groups is 3. The molecule has 0 aliphatic carbocycles. The summed E-state index contributed by atoms with van der Waals surface area (Å²) < 4.78 is 10.7. The van der Waals surface area contributed by atoms with E-state index in [2.05, 4.69) is 4.98 Å². The van der Waals surface area contributed by atoms with E-state index in [1.54, 1.807) is 66.9 Å². The highest BCUT2D eigenvalue weighted by atomic mass is 32.1. The number of carbonyl (C=O) groups excluding carboxylic acids is 3. The van der Waals surface area contributed by atoms with E-state index in [4.69, 9.17) is 9.47 Å². The topological polar surface area (TPSA) is 85.8 Å². The van der Waals surface area contributed by atoms with Crippen molar-refractivity contribution in [2.75, 3.05) is 19.1 Å². The lowest BCUT2D eigenvalue weighted by Crippen LogP contribution is -2.31. The van der Waals surface area contributed by atoms with Gasteiger partial charge in [0.25, 0.3) is 5.91 Å². The number of rotatable bonds is 7. The van der Waals surface area contributed by atoms with Crippen molar-refractivity contribution in [2.24, 2.45) is 5.92 Å². The van der Waals surface area contributed by atoms with Crippen LogP contribution in [0, 0.1) is 5.92 Å². The monoisotopic (exact) mass is 498 g/mol. The van der Waals surface area contributed by atoms with Crippen LogP contribution in [-0.4, -0.2) is 36.7 Å².